The number of alkyl halides is 12. The summed E-state index contributed by atoms with van der Waals surface area (Å²) in [5, 5.41) is 19.1. The average molecular weight is 500 g/mol. The molecule has 1 fully saturated rings. The summed E-state index contributed by atoms with van der Waals surface area (Å²) in [6, 6.07) is 0. The molecular formula is C16H16F12O4. The minimum Gasteiger partial charge on any atom is -0.459 e. The van der Waals surface area contributed by atoms with Crippen molar-refractivity contribution in [3.05, 3.63) is 12.2 Å². The molecule has 4 nitrogen and oxygen atoms in total. The van der Waals surface area contributed by atoms with Crippen LogP contribution < -0.4 is 0 Å². The van der Waals surface area contributed by atoms with Crippen LogP contribution in [0.2, 0.25) is 0 Å². The molecule has 0 aromatic heterocycles. The minimum atomic E-state index is -6.65. The maximum absolute atomic E-state index is 13.3. The van der Waals surface area contributed by atoms with Crippen molar-refractivity contribution in [2.24, 2.45) is 11.8 Å². The SMILES string of the molecule is C=C(C)C(=O)OC1CCC(C(O)(C(F)(F)F)C(F)(F)F)CC1C(O)(C(F)(F)F)C(F)(F)F. The molecule has 0 amide bonds. The smallest absolute Gasteiger partial charge is 0.426 e. The third kappa shape index (κ3) is 4.65. The van der Waals surface area contributed by atoms with Crippen LogP contribution in [0.25, 0.3) is 0 Å². The molecular weight excluding hydrogens is 484 g/mol. The second kappa shape index (κ2) is 8.25. The molecule has 3 unspecified atom stereocenters. The second-order valence-corrected chi connectivity index (χ2v) is 7.36. The number of ether oxygens (including phenoxy) is 1. The second-order valence-electron chi connectivity index (χ2n) is 7.36. The fourth-order valence-corrected chi connectivity index (χ4v) is 3.55. The zero-order valence-electron chi connectivity index (χ0n) is 15.8. The van der Waals surface area contributed by atoms with Gasteiger partial charge >= 0.3 is 30.7 Å². The number of carbonyl (C=O) groups is 1. The third-order valence-electron chi connectivity index (χ3n) is 5.25. The summed E-state index contributed by atoms with van der Waals surface area (Å²) in [7, 11) is 0. The lowest BCUT2D eigenvalue weighted by molar-refractivity contribution is -0.408. The molecule has 1 rings (SSSR count). The largest absolute Gasteiger partial charge is 0.459 e. The standard InChI is InChI=1S/C16H16F12O4/c1-6(2)10(29)32-9-4-3-7(11(30,13(17,18)19)14(20,21)22)5-8(9)12(31,15(23,24)25)16(26,27)28/h7-9,30-31H,1,3-5H2,2H3. The topological polar surface area (TPSA) is 66.8 Å². The number of aliphatic hydroxyl groups is 2. The Hall–Kier alpha value is -1.71. The molecule has 16 heteroatoms. The van der Waals surface area contributed by atoms with Gasteiger partial charge in [-0.3, -0.25) is 0 Å². The fourth-order valence-electron chi connectivity index (χ4n) is 3.55. The highest BCUT2D eigenvalue weighted by Gasteiger charge is 2.79. The van der Waals surface area contributed by atoms with E-state index in [1.165, 1.54) is 0 Å². The molecule has 0 heterocycles. The number of hydrogen-bond donors (Lipinski definition) is 2. The molecule has 32 heavy (non-hydrogen) atoms. The van der Waals surface area contributed by atoms with Crippen LogP contribution in [0.5, 0.6) is 0 Å². The van der Waals surface area contributed by atoms with E-state index in [1.54, 1.807) is 0 Å². The van der Waals surface area contributed by atoms with Gasteiger partial charge in [-0.1, -0.05) is 6.58 Å². The fraction of sp³-hybridized carbons (Fsp3) is 0.812. The average Bonchev–Trinajstić information content (AvgIpc) is 2.56. The summed E-state index contributed by atoms with van der Waals surface area (Å²) in [5.74, 6) is -8.45. The van der Waals surface area contributed by atoms with E-state index in [4.69, 9.17) is 0 Å². The molecule has 0 radical (unpaired) electrons. The number of esters is 1. The van der Waals surface area contributed by atoms with Crippen LogP contribution in [0.15, 0.2) is 12.2 Å². The van der Waals surface area contributed by atoms with Crippen molar-refractivity contribution in [1.82, 2.24) is 0 Å². The van der Waals surface area contributed by atoms with Crippen LogP contribution in [0.3, 0.4) is 0 Å². The predicted molar refractivity (Wildman–Crippen MR) is 79.6 cm³/mol. The van der Waals surface area contributed by atoms with Crippen molar-refractivity contribution < 1.29 is 72.4 Å². The lowest BCUT2D eigenvalue weighted by atomic mass is 9.65. The summed E-state index contributed by atoms with van der Waals surface area (Å²) in [5.41, 5.74) is -12.1. The highest BCUT2D eigenvalue weighted by molar-refractivity contribution is 5.87. The zero-order valence-corrected chi connectivity index (χ0v) is 15.8. The lowest BCUT2D eigenvalue weighted by Crippen LogP contribution is -2.68. The molecule has 3 atom stereocenters. The van der Waals surface area contributed by atoms with Crippen LogP contribution in [0.4, 0.5) is 52.7 Å². The quantitative estimate of drug-likeness (QED) is 0.337. The van der Waals surface area contributed by atoms with Gasteiger partial charge in [-0.2, -0.15) is 52.7 Å². The monoisotopic (exact) mass is 500 g/mol. The van der Waals surface area contributed by atoms with Gasteiger partial charge in [-0.05, 0) is 26.2 Å². The maximum Gasteiger partial charge on any atom is 0.426 e. The summed E-state index contributed by atoms with van der Waals surface area (Å²) in [6.07, 6.45) is -34.1. The van der Waals surface area contributed by atoms with E-state index in [2.05, 4.69) is 11.3 Å². The van der Waals surface area contributed by atoms with Crippen molar-refractivity contribution in [3.8, 4) is 0 Å². The van der Waals surface area contributed by atoms with E-state index in [-0.39, 0.29) is 0 Å². The van der Waals surface area contributed by atoms with E-state index in [9.17, 15) is 67.7 Å². The molecule has 0 aromatic rings. The number of hydrogen-bond acceptors (Lipinski definition) is 4. The van der Waals surface area contributed by atoms with Gasteiger partial charge in [0.05, 0.1) is 0 Å². The van der Waals surface area contributed by atoms with E-state index in [1.807, 2.05) is 0 Å². The molecule has 0 saturated heterocycles. The van der Waals surface area contributed by atoms with Gasteiger partial charge in [0.15, 0.2) is 0 Å². The Labute approximate surface area is 171 Å². The summed E-state index contributed by atoms with van der Waals surface area (Å²) < 4.78 is 163. The first-order valence-electron chi connectivity index (χ1n) is 8.51. The van der Waals surface area contributed by atoms with E-state index in [0.717, 1.165) is 6.92 Å². The van der Waals surface area contributed by atoms with E-state index >= 15 is 0 Å². The van der Waals surface area contributed by atoms with Gasteiger partial charge in [0.2, 0.25) is 0 Å². The Bertz CT molecular complexity index is 690. The van der Waals surface area contributed by atoms with Crippen LogP contribution in [-0.4, -0.2) is 58.2 Å². The Morgan fingerprint density at radius 2 is 1.16 bits per heavy atom. The maximum atomic E-state index is 13.3. The zero-order chi connectivity index (χ0) is 25.7. The Balaban J connectivity index is 3.68. The van der Waals surface area contributed by atoms with Crippen LogP contribution in [-0.2, 0) is 9.53 Å². The molecule has 188 valence electrons. The van der Waals surface area contributed by atoms with Gasteiger partial charge in [0.25, 0.3) is 11.2 Å². The molecule has 1 saturated carbocycles. The summed E-state index contributed by atoms with van der Waals surface area (Å²) in [6.45, 7) is 3.92. The highest BCUT2D eigenvalue weighted by atomic mass is 19.4. The van der Waals surface area contributed by atoms with Gasteiger partial charge in [0, 0.05) is 17.4 Å². The minimum absolute atomic E-state index is 0.560. The number of carbonyl (C=O) groups excluding carboxylic acids is 1. The first kappa shape index (κ1) is 28.3. The van der Waals surface area contributed by atoms with Gasteiger partial charge in [-0.25, -0.2) is 4.79 Å². The van der Waals surface area contributed by atoms with Crippen molar-refractivity contribution >= 4 is 5.97 Å². The molecule has 0 bridgehead atoms. The van der Waals surface area contributed by atoms with Gasteiger partial charge in [-0.15, -0.1) is 0 Å². The van der Waals surface area contributed by atoms with Crippen molar-refractivity contribution in [2.45, 2.75) is 68.2 Å². The lowest BCUT2D eigenvalue weighted by Gasteiger charge is -2.49. The highest BCUT2D eigenvalue weighted by Crippen LogP contribution is 2.58. The molecule has 0 aromatic carbocycles. The van der Waals surface area contributed by atoms with Crippen LogP contribution in [0, 0.1) is 11.8 Å². The molecule has 1 aliphatic rings. The van der Waals surface area contributed by atoms with E-state index < -0.39 is 84.7 Å². The van der Waals surface area contributed by atoms with Gasteiger partial charge < -0.3 is 14.9 Å². The molecule has 0 aliphatic heterocycles. The third-order valence-corrected chi connectivity index (χ3v) is 5.25. The van der Waals surface area contributed by atoms with Crippen molar-refractivity contribution in [1.29, 1.82) is 0 Å². The first-order valence-corrected chi connectivity index (χ1v) is 8.51. The number of halogens is 12. The molecule has 2 N–H and O–H groups in total. The first-order chi connectivity index (χ1) is 13.9. The normalized spacial score (nSPS) is 24.3. The summed E-state index contributed by atoms with van der Waals surface area (Å²) in [4.78, 5) is 11.6. The Morgan fingerprint density at radius 1 is 0.781 bits per heavy atom. The van der Waals surface area contributed by atoms with E-state index in [0.29, 0.717) is 0 Å². The van der Waals surface area contributed by atoms with Crippen LogP contribution in [0.1, 0.15) is 26.2 Å². The summed E-state index contributed by atoms with van der Waals surface area (Å²) >= 11 is 0. The predicted octanol–water partition coefficient (Wildman–Crippen LogP) is 4.60. The van der Waals surface area contributed by atoms with Gasteiger partial charge in [0.1, 0.15) is 6.10 Å². The van der Waals surface area contributed by atoms with Crippen molar-refractivity contribution in [3.63, 3.8) is 0 Å². The number of rotatable bonds is 4. The molecule has 1 aliphatic carbocycles. The Morgan fingerprint density at radius 3 is 1.47 bits per heavy atom. The Kier molecular flexibility index (Phi) is 7.31. The van der Waals surface area contributed by atoms with Crippen LogP contribution >= 0.6 is 0 Å². The van der Waals surface area contributed by atoms with Crippen molar-refractivity contribution in [2.75, 3.05) is 0 Å². The molecule has 0 spiro atoms.